The summed E-state index contributed by atoms with van der Waals surface area (Å²) in [6.07, 6.45) is 4.45. The summed E-state index contributed by atoms with van der Waals surface area (Å²) >= 11 is 1.69. The fraction of sp³-hybridized carbons (Fsp3) is 0.750. The molecule has 1 aliphatic heterocycles. The molecule has 0 aromatic carbocycles. The molecule has 1 fully saturated rings. The molecular formula is C12H21N3OS. The molecule has 2 unspecified atom stereocenters. The first-order valence-electron chi connectivity index (χ1n) is 6.28. The van der Waals surface area contributed by atoms with E-state index in [4.69, 9.17) is 0 Å². The maximum Gasteiger partial charge on any atom is 0.0794 e. The first kappa shape index (κ1) is 13.0. The number of thiazole rings is 1. The Kier molecular flexibility index (Phi) is 4.91. The highest BCUT2D eigenvalue weighted by atomic mass is 32.1. The zero-order valence-electron chi connectivity index (χ0n) is 10.3. The van der Waals surface area contributed by atoms with Gasteiger partial charge in [-0.05, 0) is 26.3 Å². The fourth-order valence-corrected chi connectivity index (χ4v) is 3.09. The fourth-order valence-electron chi connectivity index (χ4n) is 2.38. The van der Waals surface area contributed by atoms with Crippen molar-refractivity contribution >= 4 is 11.3 Å². The number of hydrogen-bond donors (Lipinski definition) is 2. The maximum atomic E-state index is 9.18. The first-order valence-corrected chi connectivity index (χ1v) is 7.16. The van der Waals surface area contributed by atoms with E-state index in [1.807, 2.05) is 11.7 Å². The summed E-state index contributed by atoms with van der Waals surface area (Å²) in [4.78, 5) is 7.75. The van der Waals surface area contributed by atoms with E-state index in [1.165, 1.54) is 17.7 Å². The molecule has 4 nitrogen and oxygen atoms in total. The lowest BCUT2D eigenvalue weighted by atomic mass is 10.1. The second-order valence-corrected chi connectivity index (χ2v) is 5.51. The van der Waals surface area contributed by atoms with E-state index in [0.717, 1.165) is 19.6 Å². The zero-order chi connectivity index (χ0) is 12.1. The van der Waals surface area contributed by atoms with Gasteiger partial charge in [-0.25, -0.2) is 0 Å². The largest absolute Gasteiger partial charge is 0.395 e. The van der Waals surface area contributed by atoms with Gasteiger partial charge < -0.3 is 10.4 Å². The van der Waals surface area contributed by atoms with Gasteiger partial charge in [0.1, 0.15) is 0 Å². The van der Waals surface area contributed by atoms with Crippen molar-refractivity contribution in [2.45, 2.75) is 31.8 Å². The van der Waals surface area contributed by atoms with E-state index in [-0.39, 0.29) is 6.61 Å². The van der Waals surface area contributed by atoms with Gasteiger partial charge in [-0.3, -0.25) is 9.88 Å². The molecule has 2 heterocycles. The highest BCUT2D eigenvalue weighted by Gasteiger charge is 2.22. The molecule has 1 saturated heterocycles. The van der Waals surface area contributed by atoms with Gasteiger partial charge in [0.15, 0.2) is 0 Å². The Morgan fingerprint density at radius 3 is 3.18 bits per heavy atom. The lowest BCUT2D eigenvalue weighted by molar-refractivity contribution is 0.149. The van der Waals surface area contributed by atoms with Crippen molar-refractivity contribution in [3.05, 3.63) is 16.6 Å². The maximum absolute atomic E-state index is 9.18. The van der Waals surface area contributed by atoms with Crippen molar-refractivity contribution in [2.75, 3.05) is 26.2 Å². The van der Waals surface area contributed by atoms with E-state index >= 15 is 0 Å². The summed E-state index contributed by atoms with van der Waals surface area (Å²) < 4.78 is 0. The average molecular weight is 255 g/mol. The SMILES string of the molecule is CC(c1cncs1)N(CCO)CC1CCCN1. The van der Waals surface area contributed by atoms with Crippen molar-refractivity contribution in [1.29, 1.82) is 0 Å². The molecule has 0 bridgehead atoms. The van der Waals surface area contributed by atoms with Crippen LogP contribution in [0.1, 0.15) is 30.7 Å². The van der Waals surface area contributed by atoms with Crippen LogP contribution in [0, 0.1) is 0 Å². The lowest BCUT2D eigenvalue weighted by Crippen LogP contribution is -2.40. The summed E-state index contributed by atoms with van der Waals surface area (Å²) in [5.41, 5.74) is 1.87. The average Bonchev–Trinajstić information content (AvgIpc) is 3.00. The number of nitrogens with zero attached hydrogens (tertiary/aromatic N) is 2. The third-order valence-electron chi connectivity index (χ3n) is 3.42. The summed E-state index contributed by atoms with van der Waals surface area (Å²) in [6, 6.07) is 0.925. The van der Waals surface area contributed by atoms with Crippen LogP contribution >= 0.6 is 11.3 Å². The van der Waals surface area contributed by atoms with Crippen LogP contribution in [0.15, 0.2) is 11.7 Å². The molecular weight excluding hydrogens is 234 g/mol. The Hall–Kier alpha value is -0.490. The molecule has 0 radical (unpaired) electrons. The Labute approximate surface area is 107 Å². The van der Waals surface area contributed by atoms with E-state index < -0.39 is 0 Å². The van der Waals surface area contributed by atoms with Crippen molar-refractivity contribution in [2.24, 2.45) is 0 Å². The first-order chi connectivity index (χ1) is 8.31. The van der Waals surface area contributed by atoms with Crippen LogP contribution in [0.25, 0.3) is 0 Å². The summed E-state index contributed by atoms with van der Waals surface area (Å²) in [5, 5.41) is 12.7. The normalized spacial score (nSPS) is 22.2. The van der Waals surface area contributed by atoms with Crippen molar-refractivity contribution in [1.82, 2.24) is 15.2 Å². The van der Waals surface area contributed by atoms with Gasteiger partial charge in [-0.15, -0.1) is 11.3 Å². The smallest absolute Gasteiger partial charge is 0.0794 e. The quantitative estimate of drug-likeness (QED) is 0.803. The highest BCUT2D eigenvalue weighted by Crippen LogP contribution is 2.24. The Morgan fingerprint density at radius 2 is 2.59 bits per heavy atom. The molecule has 5 heteroatoms. The zero-order valence-corrected chi connectivity index (χ0v) is 11.1. The molecule has 0 saturated carbocycles. The Morgan fingerprint density at radius 1 is 1.71 bits per heavy atom. The molecule has 17 heavy (non-hydrogen) atoms. The second-order valence-electron chi connectivity index (χ2n) is 4.59. The van der Waals surface area contributed by atoms with Crippen LogP contribution in [0.4, 0.5) is 0 Å². The second kappa shape index (κ2) is 6.44. The number of nitrogens with one attached hydrogen (secondary N) is 1. The van der Waals surface area contributed by atoms with Crippen LogP contribution in [0.2, 0.25) is 0 Å². The molecule has 2 atom stereocenters. The van der Waals surface area contributed by atoms with E-state index in [0.29, 0.717) is 12.1 Å². The summed E-state index contributed by atoms with van der Waals surface area (Å²) in [5.74, 6) is 0. The topological polar surface area (TPSA) is 48.4 Å². The third kappa shape index (κ3) is 3.48. The van der Waals surface area contributed by atoms with Gasteiger partial charge in [0.2, 0.25) is 0 Å². The van der Waals surface area contributed by atoms with Crippen LogP contribution < -0.4 is 5.32 Å². The number of aliphatic hydroxyl groups excluding tert-OH is 1. The van der Waals surface area contributed by atoms with E-state index in [9.17, 15) is 5.11 Å². The Bertz CT molecular complexity index is 312. The van der Waals surface area contributed by atoms with Gasteiger partial charge in [0.05, 0.1) is 12.1 Å². The third-order valence-corrected chi connectivity index (χ3v) is 4.36. The predicted octanol–water partition coefficient (Wildman–Crippen LogP) is 1.25. The molecule has 96 valence electrons. The van der Waals surface area contributed by atoms with E-state index in [2.05, 4.69) is 22.1 Å². The van der Waals surface area contributed by atoms with Gasteiger partial charge in [-0.2, -0.15) is 0 Å². The van der Waals surface area contributed by atoms with Crippen LogP contribution in [-0.4, -0.2) is 47.3 Å². The minimum Gasteiger partial charge on any atom is -0.395 e. The van der Waals surface area contributed by atoms with Crippen molar-refractivity contribution in [3.8, 4) is 0 Å². The number of aromatic nitrogens is 1. The van der Waals surface area contributed by atoms with Gasteiger partial charge in [-0.1, -0.05) is 0 Å². The molecule has 2 N–H and O–H groups in total. The van der Waals surface area contributed by atoms with Crippen LogP contribution in [0.3, 0.4) is 0 Å². The minimum absolute atomic E-state index is 0.218. The van der Waals surface area contributed by atoms with Crippen molar-refractivity contribution in [3.63, 3.8) is 0 Å². The van der Waals surface area contributed by atoms with Crippen molar-refractivity contribution < 1.29 is 5.11 Å². The van der Waals surface area contributed by atoms with E-state index in [1.54, 1.807) is 11.3 Å². The van der Waals surface area contributed by atoms with Crippen LogP contribution in [0.5, 0.6) is 0 Å². The molecule has 0 aliphatic carbocycles. The summed E-state index contributed by atoms with van der Waals surface area (Å²) in [7, 11) is 0. The lowest BCUT2D eigenvalue weighted by Gasteiger charge is -2.30. The van der Waals surface area contributed by atoms with Gasteiger partial charge in [0.25, 0.3) is 0 Å². The predicted molar refractivity (Wildman–Crippen MR) is 70.2 cm³/mol. The Balaban J connectivity index is 1.95. The summed E-state index contributed by atoms with van der Waals surface area (Å²) in [6.45, 7) is 5.29. The molecule has 1 aliphatic rings. The monoisotopic (exact) mass is 255 g/mol. The van der Waals surface area contributed by atoms with Crippen LogP contribution in [-0.2, 0) is 0 Å². The van der Waals surface area contributed by atoms with Gasteiger partial charge in [0, 0.05) is 36.2 Å². The minimum atomic E-state index is 0.218. The number of rotatable bonds is 6. The molecule has 1 aromatic heterocycles. The molecule has 2 rings (SSSR count). The molecule has 0 spiro atoms. The molecule has 0 amide bonds. The standard InChI is InChI=1S/C12H21N3OS/c1-10(12-7-13-9-17-12)15(5-6-16)8-11-3-2-4-14-11/h7,9-11,14,16H,2-6,8H2,1H3. The molecule has 1 aromatic rings. The number of aliphatic hydroxyl groups is 1. The van der Waals surface area contributed by atoms with Gasteiger partial charge >= 0.3 is 0 Å². The number of hydrogen-bond acceptors (Lipinski definition) is 5. The highest BCUT2D eigenvalue weighted by molar-refractivity contribution is 7.09.